The Balaban J connectivity index is 1.48. The maximum Gasteiger partial charge on any atom is 0.335 e. The van der Waals surface area contributed by atoms with Crippen molar-refractivity contribution in [3.63, 3.8) is 0 Å². The highest BCUT2D eigenvalue weighted by molar-refractivity contribution is 6.31. The van der Waals surface area contributed by atoms with Gasteiger partial charge in [0.1, 0.15) is 24.7 Å². The Morgan fingerprint density at radius 3 is 2.67 bits per heavy atom. The molecule has 2 amide bonds. The molecule has 5 rings (SSSR count). The summed E-state index contributed by atoms with van der Waals surface area (Å²) in [6, 6.07) is 15.3. The molecule has 4 aromatic rings. The molecule has 2 N–H and O–H groups in total. The Morgan fingerprint density at radius 1 is 1.15 bits per heavy atom. The third-order valence-electron chi connectivity index (χ3n) is 6.57. The minimum atomic E-state index is -1.15. The van der Waals surface area contributed by atoms with Gasteiger partial charge in [0, 0.05) is 41.0 Å². The number of nitrogens with one attached hydrogen (secondary N) is 1. The van der Waals surface area contributed by atoms with Gasteiger partial charge >= 0.3 is 5.97 Å². The molecule has 0 unspecified atom stereocenters. The molecule has 0 aliphatic carbocycles. The number of rotatable bonds is 7. The molecule has 0 saturated carbocycles. The molecule has 0 fully saturated rings. The van der Waals surface area contributed by atoms with Crippen LogP contribution in [0.25, 0.3) is 11.3 Å². The lowest BCUT2D eigenvalue weighted by molar-refractivity contribution is -0.117. The summed E-state index contributed by atoms with van der Waals surface area (Å²) in [5, 5.41) is 16.8. The average molecular weight is 563 g/mol. The first-order valence-electron chi connectivity index (χ1n) is 12.3. The molecule has 3 aromatic carbocycles. The summed E-state index contributed by atoms with van der Waals surface area (Å²) in [5.41, 5.74) is 3.23. The number of halogens is 2. The summed E-state index contributed by atoms with van der Waals surface area (Å²) in [4.78, 5) is 39.4. The summed E-state index contributed by atoms with van der Waals surface area (Å²) in [5.74, 6) is -2.25. The monoisotopic (exact) mass is 562 g/mol. The first kappa shape index (κ1) is 26.9. The lowest BCUT2D eigenvalue weighted by atomic mass is 10.0. The fourth-order valence-electron chi connectivity index (χ4n) is 4.61. The quantitative estimate of drug-likeness (QED) is 0.325. The fraction of sp³-hybridized carbons (Fsp3) is 0.172. The number of carboxylic acids is 1. The van der Waals surface area contributed by atoms with Gasteiger partial charge in [-0.15, -0.1) is 0 Å². The highest BCUT2D eigenvalue weighted by Gasteiger charge is 2.32. The second kappa shape index (κ2) is 10.8. The molecule has 0 radical (unpaired) electrons. The standard InChI is InChI=1S/C29H24ClFN4O5/c1-16-10-24-20(12-22(16)30)27-21(15-40-24)26(33-34(27)2)28(37)35(13-18-6-3-4-9-23(18)31)14-25(36)32-19-8-5-7-17(11-19)29(38)39/h3-12H,13-15H2,1-2H3,(H,32,36)(H,38,39). The van der Waals surface area contributed by atoms with Crippen LogP contribution in [-0.4, -0.2) is 44.1 Å². The predicted molar refractivity (Wildman–Crippen MR) is 146 cm³/mol. The van der Waals surface area contributed by atoms with Crippen LogP contribution < -0.4 is 10.1 Å². The molecular weight excluding hydrogens is 539 g/mol. The maximum absolute atomic E-state index is 14.6. The first-order valence-corrected chi connectivity index (χ1v) is 12.6. The molecule has 0 spiro atoms. The van der Waals surface area contributed by atoms with Crippen molar-refractivity contribution < 1.29 is 28.6 Å². The van der Waals surface area contributed by atoms with Crippen LogP contribution in [0.5, 0.6) is 5.75 Å². The number of anilines is 1. The van der Waals surface area contributed by atoms with Gasteiger partial charge in [0.2, 0.25) is 5.91 Å². The van der Waals surface area contributed by atoms with Gasteiger partial charge < -0.3 is 20.1 Å². The van der Waals surface area contributed by atoms with Crippen LogP contribution in [-0.2, 0) is 25.0 Å². The average Bonchev–Trinajstić information content (AvgIpc) is 3.26. The van der Waals surface area contributed by atoms with Crippen LogP contribution >= 0.6 is 11.6 Å². The van der Waals surface area contributed by atoms with Crippen LogP contribution in [0.4, 0.5) is 10.1 Å². The number of nitrogens with zero attached hydrogens (tertiary/aromatic N) is 3. The van der Waals surface area contributed by atoms with E-state index in [1.165, 1.54) is 47.4 Å². The number of hydrogen-bond acceptors (Lipinski definition) is 5. The number of carbonyl (C=O) groups is 3. The van der Waals surface area contributed by atoms with Gasteiger partial charge in [0.25, 0.3) is 5.91 Å². The summed E-state index contributed by atoms with van der Waals surface area (Å²) in [7, 11) is 1.70. The van der Waals surface area contributed by atoms with E-state index in [-0.39, 0.29) is 35.7 Å². The summed E-state index contributed by atoms with van der Waals surface area (Å²) < 4.78 is 22.1. The number of ether oxygens (including phenoxy) is 1. The Morgan fingerprint density at radius 2 is 1.93 bits per heavy atom. The number of fused-ring (bicyclic) bond motifs is 3. The number of carbonyl (C=O) groups excluding carboxylic acids is 2. The van der Waals surface area contributed by atoms with Gasteiger partial charge in [0.15, 0.2) is 5.69 Å². The number of aromatic nitrogens is 2. The molecule has 0 saturated heterocycles. The van der Waals surface area contributed by atoms with Crippen molar-refractivity contribution >= 4 is 35.1 Å². The molecule has 1 aliphatic rings. The summed E-state index contributed by atoms with van der Waals surface area (Å²) in [6.45, 7) is 1.28. The molecule has 2 heterocycles. The van der Waals surface area contributed by atoms with Gasteiger partial charge in [-0.2, -0.15) is 5.10 Å². The van der Waals surface area contributed by atoms with Crippen molar-refractivity contribution in [1.82, 2.24) is 14.7 Å². The van der Waals surface area contributed by atoms with Gasteiger partial charge in [-0.05, 0) is 48.9 Å². The van der Waals surface area contributed by atoms with Crippen molar-refractivity contribution in [2.75, 3.05) is 11.9 Å². The van der Waals surface area contributed by atoms with Crippen molar-refractivity contribution in [1.29, 1.82) is 0 Å². The lowest BCUT2D eigenvalue weighted by Crippen LogP contribution is -2.38. The number of aryl methyl sites for hydroxylation is 2. The maximum atomic E-state index is 14.6. The highest BCUT2D eigenvalue weighted by Crippen LogP contribution is 2.41. The van der Waals surface area contributed by atoms with Crippen LogP contribution in [0.1, 0.15) is 37.5 Å². The third kappa shape index (κ3) is 5.26. The Bertz CT molecular complexity index is 1670. The molecule has 1 aromatic heterocycles. The van der Waals surface area contributed by atoms with Gasteiger partial charge in [-0.1, -0.05) is 35.9 Å². The van der Waals surface area contributed by atoms with Crippen LogP contribution in [0.3, 0.4) is 0 Å². The highest BCUT2D eigenvalue weighted by atomic mass is 35.5. The smallest absolute Gasteiger partial charge is 0.335 e. The first-order chi connectivity index (χ1) is 19.1. The van der Waals surface area contributed by atoms with Crippen molar-refractivity contribution in [2.24, 2.45) is 7.05 Å². The van der Waals surface area contributed by atoms with Gasteiger partial charge in [0.05, 0.1) is 11.3 Å². The minimum absolute atomic E-state index is 0.00668. The molecule has 40 heavy (non-hydrogen) atoms. The molecule has 0 atom stereocenters. The molecule has 11 heteroatoms. The zero-order valence-electron chi connectivity index (χ0n) is 21.6. The van der Waals surface area contributed by atoms with Crippen molar-refractivity contribution in [3.05, 3.63) is 99.5 Å². The second-order valence-corrected chi connectivity index (χ2v) is 9.78. The van der Waals surface area contributed by atoms with Crippen molar-refractivity contribution in [2.45, 2.75) is 20.1 Å². The largest absolute Gasteiger partial charge is 0.488 e. The molecule has 9 nitrogen and oxygen atoms in total. The van der Waals surface area contributed by atoms with Gasteiger partial charge in [-0.3, -0.25) is 14.3 Å². The van der Waals surface area contributed by atoms with E-state index in [0.29, 0.717) is 27.6 Å². The molecule has 0 bridgehead atoms. The van der Waals surface area contributed by atoms with E-state index in [1.807, 2.05) is 13.0 Å². The van der Waals surface area contributed by atoms with E-state index in [2.05, 4.69) is 10.4 Å². The minimum Gasteiger partial charge on any atom is -0.488 e. The SMILES string of the molecule is Cc1cc2c(cc1Cl)-c1c(c(C(=O)N(CC(=O)Nc3cccc(C(=O)O)c3)Cc3ccccc3F)nn1C)CO2. The van der Waals surface area contributed by atoms with E-state index >= 15 is 0 Å². The zero-order valence-corrected chi connectivity index (χ0v) is 22.3. The van der Waals surface area contributed by atoms with Gasteiger partial charge in [-0.25, -0.2) is 9.18 Å². The number of amides is 2. The number of carboxylic acid groups (broad SMARTS) is 1. The predicted octanol–water partition coefficient (Wildman–Crippen LogP) is 5.06. The van der Waals surface area contributed by atoms with Crippen molar-refractivity contribution in [3.8, 4) is 17.0 Å². The summed E-state index contributed by atoms with van der Waals surface area (Å²) in [6.07, 6.45) is 0. The van der Waals surface area contributed by atoms with Crippen LogP contribution in [0.15, 0.2) is 60.7 Å². The summed E-state index contributed by atoms with van der Waals surface area (Å²) >= 11 is 6.37. The lowest BCUT2D eigenvalue weighted by Gasteiger charge is -2.23. The van der Waals surface area contributed by atoms with E-state index < -0.39 is 30.1 Å². The fourth-order valence-corrected chi connectivity index (χ4v) is 4.77. The van der Waals surface area contributed by atoms with Crippen LogP contribution in [0, 0.1) is 12.7 Å². The topological polar surface area (TPSA) is 114 Å². The number of benzene rings is 3. The Hall–Kier alpha value is -4.70. The van der Waals surface area contributed by atoms with E-state index in [0.717, 1.165) is 5.56 Å². The molecule has 204 valence electrons. The van der Waals surface area contributed by atoms with E-state index in [9.17, 15) is 23.9 Å². The Kier molecular flexibility index (Phi) is 7.27. The number of aromatic carboxylic acids is 1. The second-order valence-electron chi connectivity index (χ2n) is 9.37. The van der Waals surface area contributed by atoms with Crippen LogP contribution in [0.2, 0.25) is 5.02 Å². The normalized spacial score (nSPS) is 11.7. The molecular formula is C29H24ClFN4O5. The molecule has 1 aliphatic heterocycles. The van der Waals surface area contributed by atoms with E-state index in [4.69, 9.17) is 16.3 Å². The Labute approximate surface area is 233 Å². The zero-order chi connectivity index (χ0) is 28.6. The van der Waals surface area contributed by atoms with E-state index in [1.54, 1.807) is 23.9 Å². The third-order valence-corrected chi connectivity index (χ3v) is 6.98. The number of hydrogen-bond donors (Lipinski definition) is 2.